The number of halogens is 2. The monoisotopic (exact) mass is 476 g/mol. The molecule has 0 bridgehead atoms. The Kier molecular flexibility index (Phi) is 5.89. The highest BCUT2D eigenvalue weighted by Crippen LogP contribution is 2.31. The van der Waals surface area contributed by atoms with Gasteiger partial charge in [0.25, 0.3) is 0 Å². The first-order chi connectivity index (χ1) is 15.2. The quantitative estimate of drug-likeness (QED) is 0.337. The highest BCUT2D eigenvalue weighted by molar-refractivity contribution is 7.98. The summed E-state index contributed by atoms with van der Waals surface area (Å²) in [6.45, 7) is 2.52. The summed E-state index contributed by atoms with van der Waals surface area (Å²) in [6.07, 6.45) is 3.99. The van der Waals surface area contributed by atoms with Crippen molar-refractivity contribution in [3.63, 3.8) is 0 Å². The minimum Gasteiger partial charge on any atom is -0.467 e. The van der Waals surface area contributed by atoms with E-state index in [1.165, 1.54) is 11.8 Å². The normalized spacial score (nSPS) is 13.9. The Morgan fingerprint density at radius 1 is 1.03 bits per heavy atom. The van der Waals surface area contributed by atoms with Crippen LogP contribution >= 0.6 is 35.0 Å². The van der Waals surface area contributed by atoms with E-state index in [2.05, 4.69) is 29.9 Å². The average Bonchev–Trinajstić information content (AvgIpc) is 3.55. The molecule has 1 aliphatic rings. The van der Waals surface area contributed by atoms with Crippen LogP contribution in [0.3, 0.4) is 0 Å². The predicted molar refractivity (Wildman–Crippen MR) is 119 cm³/mol. The lowest BCUT2D eigenvalue weighted by Gasteiger charge is -2.17. The Hall–Kier alpha value is -2.49. The van der Waals surface area contributed by atoms with Crippen LogP contribution in [-0.2, 0) is 12.3 Å². The second-order valence-corrected chi connectivity index (χ2v) is 8.84. The third-order valence-electron chi connectivity index (χ3n) is 4.93. The van der Waals surface area contributed by atoms with Crippen LogP contribution in [-0.4, -0.2) is 38.1 Å². The van der Waals surface area contributed by atoms with Gasteiger partial charge >= 0.3 is 0 Å². The van der Waals surface area contributed by atoms with Crippen molar-refractivity contribution in [3.8, 4) is 11.5 Å². The fourth-order valence-electron chi connectivity index (χ4n) is 3.45. The molecule has 5 rings (SSSR count). The number of anilines is 1. The molecule has 31 heavy (non-hydrogen) atoms. The van der Waals surface area contributed by atoms with Crippen LogP contribution in [0.1, 0.15) is 24.5 Å². The third-order valence-corrected chi connectivity index (χ3v) is 6.43. The van der Waals surface area contributed by atoms with Crippen LogP contribution in [0, 0.1) is 0 Å². The van der Waals surface area contributed by atoms with Gasteiger partial charge < -0.3 is 13.7 Å². The summed E-state index contributed by atoms with van der Waals surface area (Å²) in [7, 11) is 0. The molecule has 0 atom stereocenters. The molecule has 0 amide bonds. The van der Waals surface area contributed by atoms with E-state index in [0.717, 1.165) is 42.8 Å². The molecular formula is C20H18Cl2N6O2S. The number of hydrogen-bond acceptors (Lipinski definition) is 8. The lowest BCUT2D eigenvalue weighted by Crippen LogP contribution is -2.22. The highest BCUT2D eigenvalue weighted by atomic mass is 35.5. The van der Waals surface area contributed by atoms with Gasteiger partial charge in [-0.25, -0.2) is 0 Å². The molecule has 160 valence electrons. The SMILES string of the molecule is Clc1ccc(-c2nnc(CSc3nnc(N4CCCC4)n3Cc3ccco3)o2)c(Cl)c1. The Labute approximate surface area is 192 Å². The van der Waals surface area contributed by atoms with Crippen LogP contribution in [0.25, 0.3) is 11.5 Å². The minimum absolute atomic E-state index is 0.354. The molecule has 0 N–H and O–H groups in total. The van der Waals surface area contributed by atoms with Crippen molar-refractivity contribution in [2.45, 2.75) is 30.3 Å². The van der Waals surface area contributed by atoms with Crippen molar-refractivity contribution in [2.24, 2.45) is 0 Å². The van der Waals surface area contributed by atoms with Crippen molar-refractivity contribution < 1.29 is 8.83 Å². The summed E-state index contributed by atoms with van der Waals surface area (Å²) in [4.78, 5) is 2.26. The molecule has 0 aliphatic carbocycles. The van der Waals surface area contributed by atoms with E-state index in [1.807, 2.05) is 12.1 Å². The number of hydrogen-bond donors (Lipinski definition) is 0. The molecule has 0 radical (unpaired) electrons. The Morgan fingerprint density at radius 2 is 1.90 bits per heavy atom. The molecule has 0 unspecified atom stereocenters. The highest BCUT2D eigenvalue weighted by Gasteiger charge is 2.23. The second-order valence-electron chi connectivity index (χ2n) is 7.06. The smallest absolute Gasteiger partial charge is 0.249 e. The summed E-state index contributed by atoms with van der Waals surface area (Å²) >= 11 is 13.7. The standard InChI is InChI=1S/C20H18Cl2N6O2S/c21-13-5-6-15(16(22)10-13)18-24-23-17(30-18)12-31-20-26-25-19(27-7-1-2-8-27)28(20)11-14-4-3-9-29-14/h3-6,9-10H,1-2,7-8,11-12H2. The first-order valence-electron chi connectivity index (χ1n) is 9.78. The van der Waals surface area contributed by atoms with Crippen molar-refractivity contribution in [1.29, 1.82) is 0 Å². The summed E-state index contributed by atoms with van der Waals surface area (Å²) in [6, 6.07) is 8.97. The first kappa shape index (κ1) is 20.4. The summed E-state index contributed by atoms with van der Waals surface area (Å²) in [5.74, 6) is 2.98. The van der Waals surface area contributed by atoms with Crippen LogP contribution < -0.4 is 4.90 Å². The van der Waals surface area contributed by atoms with Gasteiger partial charge in [-0.2, -0.15) is 0 Å². The van der Waals surface area contributed by atoms with Gasteiger partial charge in [-0.05, 0) is 43.2 Å². The van der Waals surface area contributed by atoms with Gasteiger partial charge in [-0.1, -0.05) is 35.0 Å². The zero-order chi connectivity index (χ0) is 21.2. The number of benzene rings is 1. The first-order valence-corrected chi connectivity index (χ1v) is 11.5. The van der Waals surface area contributed by atoms with Gasteiger partial charge in [0.15, 0.2) is 5.16 Å². The van der Waals surface area contributed by atoms with Gasteiger partial charge in [0.2, 0.25) is 17.7 Å². The van der Waals surface area contributed by atoms with Crippen molar-refractivity contribution in [1.82, 2.24) is 25.0 Å². The van der Waals surface area contributed by atoms with Crippen molar-refractivity contribution in [2.75, 3.05) is 18.0 Å². The van der Waals surface area contributed by atoms with Crippen LogP contribution in [0.5, 0.6) is 0 Å². The number of rotatable bonds is 7. The average molecular weight is 477 g/mol. The molecule has 3 aromatic heterocycles. The van der Waals surface area contributed by atoms with E-state index in [0.29, 0.717) is 39.7 Å². The maximum absolute atomic E-state index is 6.25. The lowest BCUT2D eigenvalue weighted by molar-refractivity contribution is 0.483. The van der Waals surface area contributed by atoms with E-state index in [-0.39, 0.29) is 0 Å². The largest absolute Gasteiger partial charge is 0.467 e. The maximum Gasteiger partial charge on any atom is 0.249 e. The second kappa shape index (κ2) is 8.94. The van der Waals surface area contributed by atoms with Crippen molar-refractivity contribution in [3.05, 3.63) is 58.3 Å². The molecule has 1 aliphatic heterocycles. The molecular weight excluding hydrogens is 459 g/mol. The van der Waals surface area contributed by atoms with E-state index < -0.39 is 0 Å². The fraction of sp³-hybridized carbons (Fsp3) is 0.300. The lowest BCUT2D eigenvalue weighted by atomic mass is 10.2. The van der Waals surface area contributed by atoms with Gasteiger partial charge in [-0.15, -0.1) is 20.4 Å². The van der Waals surface area contributed by atoms with Gasteiger partial charge in [0.1, 0.15) is 5.76 Å². The number of furan rings is 1. The third kappa shape index (κ3) is 4.44. The van der Waals surface area contributed by atoms with Crippen LogP contribution in [0.4, 0.5) is 5.95 Å². The van der Waals surface area contributed by atoms with Crippen LogP contribution in [0.2, 0.25) is 10.0 Å². The molecule has 0 saturated carbocycles. The van der Waals surface area contributed by atoms with Crippen molar-refractivity contribution >= 4 is 40.9 Å². The van der Waals surface area contributed by atoms with Gasteiger partial charge in [0.05, 0.1) is 29.1 Å². The molecule has 11 heteroatoms. The van der Waals surface area contributed by atoms with E-state index in [1.54, 1.807) is 24.5 Å². The maximum atomic E-state index is 6.25. The fourth-order valence-corrected chi connectivity index (χ4v) is 4.70. The number of thioether (sulfide) groups is 1. The van der Waals surface area contributed by atoms with E-state index in [4.69, 9.17) is 32.0 Å². The zero-order valence-corrected chi connectivity index (χ0v) is 18.7. The molecule has 1 fully saturated rings. The summed E-state index contributed by atoms with van der Waals surface area (Å²) in [5, 5.41) is 18.9. The van der Waals surface area contributed by atoms with E-state index in [9.17, 15) is 0 Å². The Balaban J connectivity index is 1.35. The number of nitrogens with zero attached hydrogens (tertiary/aromatic N) is 6. The number of aromatic nitrogens is 5. The molecule has 1 aromatic carbocycles. The molecule has 4 aromatic rings. The van der Waals surface area contributed by atoms with Gasteiger partial charge in [-0.3, -0.25) is 4.57 Å². The molecule has 8 nitrogen and oxygen atoms in total. The van der Waals surface area contributed by atoms with Gasteiger partial charge in [0, 0.05) is 18.1 Å². The van der Waals surface area contributed by atoms with Crippen LogP contribution in [0.15, 0.2) is 50.6 Å². The summed E-state index contributed by atoms with van der Waals surface area (Å²) < 4.78 is 13.4. The van der Waals surface area contributed by atoms with E-state index >= 15 is 0 Å². The Bertz CT molecular complexity index is 1170. The topological polar surface area (TPSA) is 86.0 Å². The summed E-state index contributed by atoms with van der Waals surface area (Å²) in [5.41, 5.74) is 0.645. The Morgan fingerprint density at radius 3 is 2.68 bits per heavy atom. The predicted octanol–water partition coefficient (Wildman–Crippen LogP) is 5.17. The molecule has 4 heterocycles. The molecule has 0 spiro atoms. The zero-order valence-electron chi connectivity index (χ0n) is 16.4. The minimum atomic E-state index is 0.354. The molecule has 1 saturated heterocycles.